The highest BCUT2D eigenvalue weighted by Crippen LogP contribution is 2.61. The van der Waals surface area contributed by atoms with Crippen molar-refractivity contribution in [2.75, 3.05) is 6.61 Å². The minimum Gasteiger partial charge on any atom is -0.396 e. The van der Waals surface area contributed by atoms with E-state index in [1.165, 1.54) is 32.1 Å². The largest absolute Gasteiger partial charge is 0.396 e. The van der Waals surface area contributed by atoms with Crippen molar-refractivity contribution in [2.24, 2.45) is 34.5 Å². The van der Waals surface area contributed by atoms with Gasteiger partial charge in [0.2, 0.25) is 0 Å². The van der Waals surface area contributed by atoms with Gasteiger partial charge in [0, 0.05) is 6.61 Å². The fourth-order valence-corrected chi connectivity index (χ4v) is 5.59. The van der Waals surface area contributed by atoms with Gasteiger partial charge in [-0.1, -0.05) is 52.3 Å². The molecular weight excluding hydrogens is 256 g/mol. The first kappa shape index (κ1) is 15.3. The molecule has 1 N–H and O–H groups in total. The lowest BCUT2D eigenvalue weighted by Gasteiger charge is -2.57. The number of hydrogen-bond donors (Lipinski definition) is 1. The molecule has 0 aliphatic heterocycles. The molecule has 0 aromatic carbocycles. The van der Waals surface area contributed by atoms with Crippen molar-refractivity contribution >= 4 is 0 Å². The van der Waals surface area contributed by atoms with Gasteiger partial charge in [0.05, 0.1) is 0 Å². The van der Waals surface area contributed by atoms with Crippen LogP contribution in [0.25, 0.3) is 0 Å². The predicted molar refractivity (Wildman–Crippen MR) is 88.9 cm³/mol. The third-order valence-electron chi connectivity index (χ3n) is 7.02. The first-order valence-electron chi connectivity index (χ1n) is 8.91. The number of allylic oxidation sites excluding steroid dienone is 4. The summed E-state index contributed by atoms with van der Waals surface area (Å²) >= 11 is 0. The Labute approximate surface area is 130 Å². The molecule has 3 aliphatic rings. The summed E-state index contributed by atoms with van der Waals surface area (Å²) in [5.74, 6) is 2.77. The second-order valence-electron chi connectivity index (χ2n) is 8.71. The maximum Gasteiger partial charge on any atom is 0.0490 e. The van der Waals surface area contributed by atoms with Crippen LogP contribution in [0.4, 0.5) is 0 Å². The van der Waals surface area contributed by atoms with E-state index in [0.717, 1.165) is 11.8 Å². The Morgan fingerprint density at radius 2 is 2.00 bits per heavy atom. The lowest BCUT2D eigenvalue weighted by atomic mass is 9.47. The van der Waals surface area contributed by atoms with E-state index in [1.54, 1.807) is 5.57 Å². The third-order valence-corrected chi connectivity index (χ3v) is 7.02. The Hall–Kier alpha value is -0.560. The Balaban J connectivity index is 1.98. The van der Waals surface area contributed by atoms with E-state index in [2.05, 4.69) is 45.9 Å². The van der Waals surface area contributed by atoms with Crippen molar-refractivity contribution < 1.29 is 5.11 Å². The molecule has 0 amide bonds. The molecule has 1 nitrogen and oxygen atoms in total. The second kappa shape index (κ2) is 5.26. The van der Waals surface area contributed by atoms with Crippen molar-refractivity contribution in [1.29, 1.82) is 0 Å². The number of aliphatic hydroxyl groups is 1. The molecule has 0 bridgehead atoms. The Bertz CT molecular complexity index is 460. The second-order valence-corrected chi connectivity index (χ2v) is 8.71. The summed E-state index contributed by atoms with van der Waals surface area (Å²) in [5.41, 5.74) is 2.04. The van der Waals surface area contributed by atoms with Crippen molar-refractivity contribution in [2.45, 2.75) is 59.8 Å². The number of hydrogen-bond acceptors (Lipinski definition) is 1. The van der Waals surface area contributed by atoms with Crippen LogP contribution in [-0.2, 0) is 0 Å². The van der Waals surface area contributed by atoms with Gasteiger partial charge >= 0.3 is 0 Å². The van der Waals surface area contributed by atoms with Crippen LogP contribution in [0.5, 0.6) is 0 Å². The van der Waals surface area contributed by atoms with Crippen molar-refractivity contribution in [3.8, 4) is 0 Å². The highest BCUT2D eigenvalue weighted by molar-refractivity contribution is 5.34. The number of fused-ring (bicyclic) bond motifs is 3. The van der Waals surface area contributed by atoms with Gasteiger partial charge in [-0.25, -0.2) is 0 Å². The highest BCUT2D eigenvalue weighted by Gasteiger charge is 2.53. The molecule has 5 atom stereocenters. The molecule has 0 aromatic rings. The number of rotatable bonds is 2. The third kappa shape index (κ3) is 2.32. The van der Waals surface area contributed by atoms with E-state index in [0.29, 0.717) is 23.9 Å². The highest BCUT2D eigenvalue weighted by atomic mass is 16.3. The van der Waals surface area contributed by atoms with Crippen LogP contribution >= 0.6 is 0 Å². The monoisotopic (exact) mass is 288 g/mol. The minimum atomic E-state index is 0.0872. The zero-order valence-electron chi connectivity index (χ0n) is 14.2. The Kier molecular flexibility index (Phi) is 3.84. The molecule has 3 rings (SSSR count). The molecule has 21 heavy (non-hydrogen) atoms. The van der Waals surface area contributed by atoms with E-state index >= 15 is 0 Å². The van der Waals surface area contributed by atoms with Gasteiger partial charge in [0.25, 0.3) is 0 Å². The van der Waals surface area contributed by atoms with Crippen LogP contribution in [0, 0.1) is 34.5 Å². The Morgan fingerprint density at radius 3 is 2.67 bits per heavy atom. The van der Waals surface area contributed by atoms with Gasteiger partial charge in [-0.3, -0.25) is 0 Å². The van der Waals surface area contributed by atoms with Gasteiger partial charge < -0.3 is 5.11 Å². The van der Waals surface area contributed by atoms with E-state index in [9.17, 15) is 5.11 Å². The van der Waals surface area contributed by atoms with E-state index in [-0.39, 0.29) is 5.41 Å². The molecule has 0 radical (unpaired) electrons. The van der Waals surface area contributed by atoms with Gasteiger partial charge in [0.15, 0.2) is 0 Å². The predicted octanol–water partition coefficient (Wildman–Crippen LogP) is 4.97. The zero-order chi connectivity index (χ0) is 15.3. The first-order valence-corrected chi connectivity index (χ1v) is 8.91. The first-order chi connectivity index (χ1) is 9.90. The normalized spacial score (nSPS) is 46.0. The molecule has 1 heteroatoms. The summed E-state index contributed by atoms with van der Waals surface area (Å²) in [6.07, 6.45) is 13.9. The number of aliphatic hydroxyl groups excluding tert-OH is 1. The van der Waals surface area contributed by atoms with Gasteiger partial charge in [-0.05, 0) is 65.8 Å². The molecule has 0 spiro atoms. The summed E-state index contributed by atoms with van der Waals surface area (Å²) in [6, 6.07) is 0. The van der Waals surface area contributed by atoms with E-state index < -0.39 is 0 Å². The Morgan fingerprint density at radius 1 is 1.24 bits per heavy atom. The average molecular weight is 288 g/mol. The smallest absolute Gasteiger partial charge is 0.0490 e. The van der Waals surface area contributed by atoms with Crippen LogP contribution < -0.4 is 0 Å². The molecule has 3 unspecified atom stereocenters. The van der Waals surface area contributed by atoms with Crippen LogP contribution in [-0.4, -0.2) is 11.7 Å². The summed E-state index contributed by atoms with van der Waals surface area (Å²) in [7, 11) is 0. The lowest BCUT2D eigenvalue weighted by molar-refractivity contribution is -0.0496. The van der Waals surface area contributed by atoms with E-state index in [4.69, 9.17) is 0 Å². The van der Waals surface area contributed by atoms with Crippen LogP contribution in [0.15, 0.2) is 23.8 Å². The summed E-state index contributed by atoms with van der Waals surface area (Å²) in [6.45, 7) is 9.83. The summed E-state index contributed by atoms with van der Waals surface area (Å²) in [5, 5.41) is 9.97. The fourth-order valence-electron chi connectivity index (χ4n) is 5.59. The molecule has 3 aliphatic carbocycles. The molecular formula is C20H32O. The molecule has 0 aromatic heterocycles. The van der Waals surface area contributed by atoms with Crippen molar-refractivity contribution in [1.82, 2.24) is 0 Å². The van der Waals surface area contributed by atoms with Gasteiger partial charge in [0.1, 0.15) is 0 Å². The van der Waals surface area contributed by atoms with Gasteiger partial charge in [-0.15, -0.1) is 0 Å². The van der Waals surface area contributed by atoms with Crippen molar-refractivity contribution in [3.05, 3.63) is 23.8 Å². The maximum absolute atomic E-state index is 9.97. The average Bonchev–Trinajstić information content (AvgIpc) is 2.46. The van der Waals surface area contributed by atoms with E-state index in [1.807, 2.05) is 0 Å². The molecule has 1 fully saturated rings. The fraction of sp³-hybridized carbons (Fsp3) is 0.800. The molecule has 0 heterocycles. The molecule has 1 saturated carbocycles. The van der Waals surface area contributed by atoms with Crippen LogP contribution in [0.3, 0.4) is 0 Å². The zero-order valence-corrected chi connectivity index (χ0v) is 14.2. The van der Waals surface area contributed by atoms with Gasteiger partial charge in [-0.2, -0.15) is 0 Å². The summed E-state index contributed by atoms with van der Waals surface area (Å²) in [4.78, 5) is 0. The van der Waals surface area contributed by atoms with Crippen LogP contribution in [0.2, 0.25) is 0 Å². The topological polar surface area (TPSA) is 20.2 Å². The lowest BCUT2D eigenvalue weighted by Crippen LogP contribution is -2.50. The van der Waals surface area contributed by atoms with Crippen molar-refractivity contribution in [3.63, 3.8) is 0 Å². The quantitative estimate of drug-likeness (QED) is 0.760. The SMILES string of the molecule is CC(C)C1C=C2C=CC3[C@](C)(CO)CCC[C@@]3(C)C2CC1. The standard InChI is InChI=1S/C20H32O/c1-14(2)15-6-8-17-16(12-15)7-9-18-19(3,13-21)10-5-11-20(17,18)4/h7,9,12,14-15,17-18,21H,5-6,8,10-11,13H2,1-4H3/t15?,17?,18?,19-,20-/m0/s1. The molecule has 118 valence electrons. The molecule has 0 saturated heterocycles. The maximum atomic E-state index is 9.97. The minimum absolute atomic E-state index is 0.0872. The van der Waals surface area contributed by atoms with Crippen LogP contribution in [0.1, 0.15) is 59.8 Å². The summed E-state index contributed by atoms with van der Waals surface area (Å²) < 4.78 is 0.